The van der Waals surface area contributed by atoms with Gasteiger partial charge < -0.3 is 25.6 Å². The van der Waals surface area contributed by atoms with Crippen molar-refractivity contribution in [1.29, 1.82) is 0 Å². The van der Waals surface area contributed by atoms with E-state index >= 15 is 0 Å². The van der Waals surface area contributed by atoms with Gasteiger partial charge in [-0.1, -0.05) is 44.2 Å². The van der Waals surface area contributed by atoms with Gasteiger partial charge >= 0.3 is 6.03 Å². The van der Waals surface area contributed by atoms with E-state index in [0.29, 0.717) is 29.5 Å². The molecule has 1 atom stereocenters. The lowest BCUT2D eigenvalue weighted by Crippen LogP contribution is -2.49. The Kier molecular flexibility index (Phi) is 9.40. The van der Waals surface area contributed by atoms with Crippen LogP contribution in [-0.2, 0) is 11.2 Å². The molecule has 10 heteroatoms. The van der Waals surface area contributed by atoms with Gasteiger partial charge in [-0.15, -0.1) is 11.3 Å². The molecule has 2 aromatic carbocycles. The van der Waals surface area contributed by atoms with Gasteiger partial charge in [0.2, 0.25) is 5.91 Å². The highest BCUT2D eigenvalue weighted by atomic mass is 32.1. The van der Waals surface area contributed by atoms with Crippen LogP contribution < -0.4 is 20.7 Å². The maximum atomic E-state index is 13.1. The van der Waals surface area contributed by atoms with Crippen molar-refractivity contribution in [2.24, 2.45) is 5.92 Å². The molecule has 0 unspecified atom stereocenters. The molecule has 0 bridgehead atoms. The van der Waals surface area contributed by atoms with Crippen molar-refractivity contribution in [1.82, 2.24) is 15.2 Å². The van der Waals surface area contributed by atoms with Crippen LogP contribution in [0.5, 0.6) is 5.75 Å². The van der Waals surface area contributed by atoms with Crippen molar-refractivity contribution in [2.45, 2.75) is 26.3 Å². The van der Waals surface area contributed by atoms with Crippen molar-refractivity contribution in [2.75, 3.05) is 31.3 Å². The zero-order valence-electron chi connectivity index (χ0n) is 20.8. The van der Waals surface area contributed by atoms with E-state index in [2.05, 4.69) is 20.9 Å². The van der Waals surface area contributed by atoms with Gasteiger partial charge in [-0.05, 0) is 42.2 Å². The van der Waals surface area contributed by atoms with E-state index < -0.39 is 12.1 Å². The molecule has 0 aliphatic rings. The predicted octanol–water partition coefficient (Wildman–Crippen LogP) is 4.25. The first kappa shape index (κ1) is 26.7. The smallest absolute Gasteiger partial charge is 0.322 e. The number of anilines is 2. The first-order valence-electron chi connectivity index (χ1n) is 11.5. The third kappa shape index (κ3) is 7.29. The second kappa shape index (κ2) is 12.7. The Morgan fingerprint density at radius 2 is 1.72 bits per heavy atom. The fourth-order valence-corrected chi connectivity index (χ4v) is 4.30. The number of nitrogens with zero attached hydrogens (tertiary/aromatic N) is 2. The summed E-state index contributed by atoms with van der Waals surface area (Å²) in [5, 5.41) is 10.3. The number of amides is 4. The van der Waals surface area contributed by atoms with Crippen LogP contribution >= 0.6 is 11.3 Å². The highest BCUT2D eigenvalue weighted by Crippen LogP contribution is 2.20. The minimum atomic E-state index is -0.754. The Bertz CT molecular complexity index is 1160. The van der Waals surface area contributed by atoms with Crippen molar-refractivity contribution in [3.8, 4) is 5.75 Å². The highest BCUT2D eigenvalue weighted by molar-refractivity contribution is 7.14. The fraction of sp³-hybridized carbons (Fsp3) is 0.308. The van der Waals surface area contributed by atoms with Crippen LogP contribution in [0.4, 0.5) is 15.6 Å². The third-order valence-corrected chi connectivity index (χ3v) is 6.25. The van der Waals surface area contributed by atoms with E-state index in [1.54, 1.807) is 43.8 Å². The first-order chi connectivity index (χ1) is 17.3. The maximum absolute atomic E-state index is 13.1. The zero-order valence-corrected chi connectivity index (χ0v) is 21.6. The summed E-state index contributed by atoms with van der Waals surface area (Å²) in [5.41, 5.74) is 1.94. The normalized spacial score (nSPS) is 11.5. The lowest BCUT2D eigenvalue weighted by atomic mass is 10.0. The first-order valence-corrected chi connectivity index (χ1v) is 12.4. The lowest BCUT2D eigenvalue weighted by Gasteiger charge is -2.30. The van der Waals surface area contributed by atoms with Gasteiger partial charge in [0.25, 0.3) is 5.91 Å². The molecule has 36 heavy (non-hydrogen) atoms. The minimum absolute atomic E-state index is 0.169. The van der Waals surface area contributed by atoms with Gasteiger partial charge in [0.15, 0.2) is 5.13 Å². The number of thiazole rings is 1. The number of rotatable bonds is 10. The van der Waals surface area contributed by atoms with Crippen LogP contribution in [-0.4, -0.2) is 54.5 Å². The van der Waals surface area contributed by atoms with E-state index in [1.807, 2.05) is 44.2 Å². The lowest BCUT2D eigenvalue weighted by molar-refractivity contribution is -0.121. The summed E-state index contributed by atoms with van der Waals surface area (Å²) in [6.45, 7) is 4.19. The molecular formula is C26H31N5O4S. The van der Waals surface area contributed by atoms with E-state index in [0.717, 1.165) is 16.9 Å². The summed E-state index contributed by atoms with van der Waals surface area (Å²) in [4.78, 5) is 43.9. The summed E-state index contributed by atoms with van der Waals surface area (Å²) in [6, 6.07) is 15.6. The largest absolute Gasteiger partial charge is 0.497 e. The number of carbonyl (C=O) groups is 3. The topological polar surface area (TPSA) is 113 Å². The summed E-state index contributed by atoms with van der Waals surface area (Å²) in [7, 11) is 3.13. The summed E-state index contributed by atoms with van der Waals surface area (Å²) in [5.74, 6) is -0.187. The Morgan fingerprint density at radius 3 is 2.36 bits per heavy atom. The van der Waals surface area contributed by atoms with Gasteiger partial charge in [-0.3, -0.25) is 9.59 Å². The zero-order chi connectivity index (χ0) is 26.1. The van der Waals surface area contributed by atoms with Crippen molar-refractivity contribution in [3.63, 3.8) is 0 Å². The molecule has 0 aliphatic heterocycles. The molecule has 0 aliphatic carbocycles. The quantitative estimate of drug-likeness (QED) is 0.378. The Morgan fingerprint density at radius 1 is 1.03 bits per heavy atom. The number of nitrogens with one attached hydrogen (secondary N) is 3. The Hall–Kier alpha value is -3.92. The predicted molar refractivity (Wildman–Crippen MR) is 142 cm³/mol. The minimum Gasteiger partial charge on any atom is -0.497 e. The van der Waals surface area contributed by atoms with Crippen molar-refractivity contribution >= 4 is 40.0 Å². The van der Waals surface area contributed by atoms with Gasteiger partial charge in [0.1, 0.15) is 17.5 Å². The average Bonchev–Trinajstić information content (AvgIpc) is 3.33. The number of methoxy groups -OCH3 is 1. The number of hydrogen-bond acceptors (Lipinski definition) is 6. The number of aromatic nitrogens is 1. The standard InChI is InChI=1S/C26H31N5O4S/c1-17(2)22(31(3)26(34)28-19-10-12-20(35-4)13-11-19)24(33)30-25-29-21(16-36-25)23(32)27-15-14-18-8-6-5-7-9-18/h5-13,16-17,22H,14-15H2,1-4H3,(H,27,32)(H,28,34)(H,29,30,33)/t22-/m0/s1. The molecule has 9 nitrogen and oxygen atoms in total. The van der Waals surface area contributed by atoms with Crippen LogP contribution in [0.15, 0.2) is 60.0 Å². The van der Waals surface area contributed by atoms with Gasteiger partial charge in [0.05, 0.1) is 7.11 Å². The number of ether oxygens (including phenoxy) is 1. The molecule has 0 radical (unpaired) electrons. The van der Waals surface area contributed by atoms with E-state index in [1.165, 1.54) is 4.90 Å². The number of hydrogen-bond donors (Lipinski definition) is 3. The molecule has 4 amide bonds. The number of carbonyl (C=O) groups excluding carboxylic acids is 3. The second-order valence-electron chi connectivity index (χ2n) is 8.48. The van der Waals surface area contributed by atoms with Crippen LogP contribution in [0, 0.1) is 5.92 Å². The molecule has 1 heterocycles. The van der Waals surface area contributed by atoms with Crippen LogP contribution in [0.2, 0.25) is 0 Å². The Labute approximate surface area is 214 Å². The molecule has 190 valence electrons. The average molecular weight is 510 g/mol. The van der Waals surface area contributed by atoms with Gasteiger partial charge in [-0.25, -0.2) is 9.78 Å². The molecule has 3 rings (SSSR count). The van der Waals surface area contributed by atoms with Crippen molar-refractivity contribution < 1.29 is 19.1 Å². The molecule has 0 fully saturated rings. The molecular weight excluding hydrogens is 478 g/mol. The third-order valence-electron chi connectivity index (χ3n) is 5.49. The van der Waals surface area contributed by atoms with Crippen molar-refractivity contribution in [3.05, 3.63) is 71.2 Å². The molecule has 3 aromatic rings. The molecule has 0 saturated heterocycles. The van der Waals surface area contributed by atoms with Crippen LogP contribution in [0.1, 0.15) is 29.9 Å². The SMILES string of the molecule is COc1ccc(NC(=O)N(C)[C@H](C(=O)Nc2nc(C(=O)NCCc3ccccc3)cs2)C(C)C)cc1. The highest BCUT2D eigenvalue weighted by Gasteiger charge is 2.30. The van der Waals surface area contributed by atoms with Gasteiger partial charge in [-0.2, -0.15) is 0 Å². The second-order valence-corrected chi connectivity index (χ2v) is 9.34. The number of likely N-dealkylation sites (N-methyl/N-ethyl adjacent to an activating group) is 1. The summed E-state index contributed by atoms with van der Waals surface area (Å²) in [6.07, 6.45) is 0.710. The molecule has 3 N–H and O–H groups in total. The maximum Gasteiger partial charge on any atom is 0.322 e. The molecule has 1 aromatic heterocycles. The molecule has 0 spiro atoms. The van der Waals surface area contributed by atoms with E-state index in [4.69, 9.17) is 4.74 Å². The van der Waals surface area contributed by atoms with E-state index in [-0.39, 0.29) is 23.4 Å². The monoisotopic (exact) mass is 509 g/mol. The Balaban J connectivity index is 1.56. The van der Waals surface area contributed by atoms with Crippen LogP contribution in [0.3, 0.4) is 0 Å². The molecule has 0 saturated carbocycles. The summed E-state index contributed by atoms with van der Waals surface area (Å²) < 4.78 is 5.13. The van der Waals surface area contributed by atoms with Gasteiger partial charge in [0, 0.05) is 24.7 Å². The number of urea groups is 1. The number of benzene rings is 2. The summed E-state index contributed by atoms with van der Waals surface area (Å²) >= 11 is 1.16. The fourth-order valence-electron chi connectivity index (χ4n) is 3.61. The van der Waals surface area contributed by atoms with E-state index in [9.17, 15) is 14.4 Å². The van der Waals surface area contributed by atoms with Crippen LogP contribution in [0.25, 0.3) is 0 Å².